The SMILES string of the molecule is CCF.O=C(Cc1cccc(C2CCCC(C3=NC=CCC4=C3C=CC4)C2)c1)Cc1c(F)cccc1F.[HH].[HH].[HH]. The van der Waals surface area contributed by atoms with Crippen LogP contribution in [0.4, 0.5) is 13.2 Å². The van der Waals surface area contributed by atoms with E-state index in [1.165, 1.54) is 47.5 Å². The fraction of sp³-hybridized carbons (Fsp3) is 0.375. The lowest BCUT2D eigenvalue weighted by molar-refractivity contribution is -0.117. The van der Waals surface area contributed by atoms with Gasteiger partial charge >= 0.3 is 0 Å². The molecule has 1 aliphatic heterocycles. The molecule has 1 saturated carbocycles. The second-order valence-corrected chi connectivity index (χ2v) is 9.89. The van der Waals surface area contributed by atoms with Crippen LogP contribution in [0.1, 0.15) is 72.3 Å². The van der Waals surface area contributed by atoms with Crippen molar-refractivity contribution >= 4 is 11.5 Å². The van der Waals surface area contributed by atoms with Gasteiger partial charge in [0, 0.05) is 34.8 Å². The van der Waals surface area contributed by atoms with E-state index in [9.17, 15) is 18.0 Å². The molecule has 2 aromatic rings. The molecule has 3 aliphatic rings. The summed E-state index contributed by atoms with van der Waals surface area (Å²) in [4.78, 5) is 17.5. The number of hydrogen-bond donors (Lipinski definition) is 0. The highest BCUT2D eigenvalue weighted by Gasteiger charge is 2.30. The standard InChI is InChI=1S/C30H29F2NO.C2H5F.3H2/c31-28-13-4-14-29(32)27(28)19-25(34)17-20-6-1-8-22(16-20)23-9-2-10-24(18-23)30-26-12-3-7-21(26)11-5-15-33-30;1-2-3;;;/h1,3-6,8,12-16,23-24H,2,7,9-11,17-19H2;2H2,1H3;3*1H. The highest BCUT2D eigenvalue weighted by molar-refractivity contribution is 6.06. The molecule has 2 atom stereocenters. The van der Waals surface area contributed by atoms with Gasteiger partial charge in [0.1, 0.15) is 17.4 Å². The van der Waals surface area contributed by atoms with Crippen LogP contribution in [0.25, 0.3) is 0 Å². The molecule has 0 amide bonds. The van der Waals surface area contributed by atoms with Gasteiger partial charge in [0.25, 0.3) is 0 Å². The Balaban J connectivity index is 0.00000128. The summed E-state index contributed by atoms with van der Waals surface area (Å²) in [6, 6.07) is 11.9. The molecule has 5 heteroatoms. The summed E-state index contributed by atoms with van der Waals surface area (Å²) in [6.07, 6.45) is 15.1. The highest BCUT2D eigenvalue weighted by atomic mass is 19.1. The number of alkyl halides is 1. The predicted molar refractivity (Wildman–Crippen MR) is 150 cm³/mol. The number of benzene rings is 2. The van der Waals surface area contributed by atoms with Crippen LogP contribution in [0, 0.1) is 17.6 Å². The summed E-state index contributed by atoms with van der Waals surface area (Å²) in [5, 5.41) is 0. The van der Waals surface area contributed by atoms with Gasteiger partial charge in [-0.1, -0.05) is 60.6 Å². The fourth-order valence-electron chi connectivity index (χ4n) is 5.62. The minimum Gasteiger partial charge on any atom is -0.299 e. The second kappa shape index (κ2) is 12.8. The van der Waals surface area contributed by atoms with Crippen LogP contribution in [0.15, 0.2) is 83.0 Å². The van der Waals surface area contributed by atoms with E-state index in [1.807, 2.05) is 18.3 Å². The van der Waals surface area contributed by atoms with Gasteiger partial charge in [0.15, 0.2) is 0 Å². The van der Waals surface area contributed by atoms with E-state index in [0.717, 1.165) is 44.1 Å². The summed E-state index contributed by atoms with van der Waals surface area (Å²) in [5.41, 5.74) is 6.05. The number of nitrogens with zero attached hydrogens (tertiary/aromatic N) is 1. The zero-order valence-corrected chi connectivity index (χ0v) is 21.4. The highest BCUT2D eigenvalue weighted by Crippen LogP contribution is 2.40. The van der Waals surface area contributed by atoms with Crippen molar-refractivity contribution in [2.75, 3.05) is 6.67 Å². The molecular weight excluding hydrogens is 471 g/mol. The number of aliphatic imine (C=N–C) groups is 1. The maximum atomic E-state index is 13.9. The normalized spacial score (nSPS) is 20.6. The summed E-state index contributed by atoms with van der Waals surface area (Å²) in [5.74, 6) is -0.662. The summed E-state index contributed by atoms with van der Waals surface area (Å²) < 4.78 is 38.2. The molecule has 5 rings (SSSR count). The zero-order chi connectivity index (χ0) is 26.2. The minimum atomic E-state index is -0.665. The zero-order valence-electron chi connectivity index (χ0n) is 21.4. The van der Waals surface area contributed by atoms with E-state index < -0.39 is 11.6 Å². The number of rotatable bonds is 6. The first-order valence-corrected chi connectivity index (χ1v) is 13.2. The van der Waals surface area contributed by atoms with Crippen LogP contribution in [0.2, 0.25) is 0 Å². The van der Waals surface area contributed by atoms with Crippen molar-refractivity contribution in [1.82, 2.24) is 0 Å². The van der Waals surface area contributed by atoms with Crippen molar-refractivity contribution in [3.8, 4) is 0 Å². The number of allylic oxidation sites excluding steroid dienone is 5. The van der Waals surface area contributed by atoms with Crippen LogP contribution in [-0.4, -0.2) is 18.2 Å². The van der Waals surface area contributed by atoms with Gasteiger partial charge in [0.2, 0.25) is 0 Å². The van der Waals surface area contributed by atoms with Crippen LogP contribution < -0.4 is 0 Å². The first-order valence-electron chi connectivity index (χ1n) is 13.2. The predicted octanol–water partition coefficient (Wildman–Crippen LogP) is 8.92. The summed E-state index contributed by atoms with van der Waals surface area (Å²) >= 11 is 0. The molecule has 0 spiro atoms. The number of carbonyl (C=O) groups is 1. The molecule has 2 aromatic carbocycles. The van der Waals surface area contributed by atoms with E-state index in [-0.39, 0.29) is 35.1 Å². The van der Waals surface area contributed by atoms with Crippen molar-refractivity contribution < 1.29 is 22.2 Å². The van der Waals surface area contributed by atoms with E-state index in [1.54, 1.807) is 0 Å². The maximum Gasteiger partial charge on any atom is 0.141 e. The van der Waals surface area contributed by atoms with Gasteiger partial charge in [-0.15, -0.1) is 0 Å². The Morgan fingerprint density at radius 2 is 1.70 bits per heavy atom. The average molecular weight is 512 g/mol. The molecule has 1 fully saturated rings. The van der Waals surface area contributed by atoms with E-state index in [4.69, 9.17) is 4.99 Å². The van der Waals surface area contributed by atoms with Gasteiger partial charge in [-0.2, -0.15) is 0 Å². The Morgan fingerprint density at radius 3 is 2.49 bits per heavy atom. The van der Waals surface area contributed by atoms with Gasteiger partial charge in [-0.3, -0.25) is 14.2 Å². The molecule has 2 aliphatic carbocycles. The Morgan fingerprint density at radius 1 is 1.00 bits per heavy atom. The van der Waals surface area contributed by atoms with E-state index >= 15 is 0 Å². The summed E-state index contributed by atoms with van der Waals surface area (Å²) in [6.45, 7) is 1.21. The van der Waals surface area contributed by atoms with Crippen LogP contribution in [0.3, 0.4) is 0 Å². The van der Waals surface area contributed by atoms with Crippen molar-refractivity contribution in [2.45, 2.75) is 64.2 Å². The molecule has 0 radical (unpaired) electrons. The second-order valence-electron chi connectivity index (χ2n) is 9.89. The van der Waals surface area contributed by atoms with Gasteiger partial charge in [0.05, 0.1) is 12.4 Å². The van der Waals surface area contributed by atoms with Gasteiger partial charge in [-0.25, -0.2) is 8.78 Å². The monoisotopic (exact) mass is 511 g/mol. The lowest BCUT2D eigenvalue weighted by atomic mass is 9.74. The van der Waals surface area contributed by atoms with Crippen LogP contribution >= 0.6 is 0 Å². The number of hydrogen-bond acceptors (Lipinski definition) is 2. The van der Waals surface area contributed by atoms with Crippen molar-refractivity contribution in [1.29, 1.82) is 0 Å². The third-order valence-corrected chi connectivity index (χ3v) is 7.31. The van der Waals surface area contributed by atoms with E-state index in [2.05, 4.69) is 30.4 Å². The van der Waals surface area contributed by atoms with Crippen molar-refractivity contribution in [2.24, 2.45) is 10.9 Å². The molecular formula is C32H40F3NO. The first kappa shape index (κ1) is 26.8. The Hall–Kier alpha value is -3.21. The largest absolute Gasteiger partial charge is 0.299 e. The number of ketones is 1. The molecule has 37 heavy (non-hydrogen) atoms. The van der Waals surface area contributed by atoms with Gasteiger partial charge in [-0.05, 0) is 73.8 Å². The Bertz CT molecular complexity index is 1240. The first-order chi connectivity index (χ1) is 18.0. The Kier molecular flexibility index (Phi) is 9.32. The molecule has 0 bridgehead atoms. The maximum absolute atomic E-state index is 13.9. The topological polar surface area (TPSA) is 29.4 Å². The molecule has 2 nitrogen and oxygen atoms in total. The molecule has 1 heterocycles. The summed E-state index contributed by atoms with van der Waals surface area (Å²) in [7, 11) is 0. The number of carbonyl (C=O) groups excluding carboxylic acids is 1. The molecule has 0 aromatic heterocycles. The van der Waals surface area contributed by atoms with Crippen molar-refractivity contribution in [3.63, 3.8) is 0 Å². The third-order valence-electron chi connectivity index (χ3n) is 7.31. The lowest BCUT2D eigenvalue weighted by Crippen LogP contribution is -2.23. The quantitative estimate of drug-likeness (QED) is 0.381. The molecule has 0 N–H and O–H groups in total. The number of halogens is 3. The Labute approximate surface area is 222 Å². The van der Waals surface area contributed by atoms with Crippen LogP contribution in [0.5, 0.6) is 0 Å². The fourth-order valence-corrected chi connectivity index (χ4v) is 5.62. The number of Topliss-reactive ketones (excluding diaryl/α,β-unsaturated/α-hetero) is 1. The van der Waals surface area contributed by atoms with Crippen LogP contribution in [-0.2, 0) is 17.6 Å². The minimum absolute atomic E-state index is 0. The molecule has 2 unspecified atom stereocenters. The smallest absolute Gasteiger partial charge is 0.141 e. The molecule has 200 valence electrons. The average Bonchev–Trinajstić information content (AvgIpc) is 3.26. The third kappa shape index (κ3) is 6.76. The van der Waals surface area contributed by atoms with Gasteiger partial charge < -0.3 is 0 Å². The molecule has 0 saturated heterocycles. The lowest BCUT2D eigenvalue weighted by Gasteiger charge is -2.31. The van der Waals surface area contributed by atoms with Crippen molar-refractivity contribution in [3.05, 3.63) is 106 Å². The van der Waals surface area contributed by atoms with E-state index in [0.29, 0.717) is 11.8 Å².